The van der Waals surface area contributed by atoms with E-state index in [9.17, 15) is 13.2 Å². The molecule has 1 N–H and O–H groups in total. The van der Waals surface area contributed by atoms with Crippen LogP contribution in [-0.2, 0) is 25.0 Å². The smallest absolute Gasteiger partial charge is 0.243 e. The van der Waals surface area contributed by atoms with E-state index < -0.39 is 16.1 Å². The molecule has 0 saturated carbocycles. The second-order valence-electron chi connectivity index (χ2n) is 7.55. The maximum absolute atomic E-state index is 13.0. The Hall–Kier alpha value is -2.38. The second kappa shape index (κ2) is 8.97. The number of anilines is 1. The molecule has 1 saturated heterocycles. The number of amides is 1. The number of hydrogen-bond donors (Lipinski definition) is 1. The first kappa shape index (κ1) is 21.3. The number of para-hydroxylation sites is 1. The number of rotatable bonds is 7. The van der Waals surface area contributed by atoms with Crippen molar-refractivity contribution in [2.24, 2.45) is 0 Å². The highest BCUT2D eigenvalue weighted by molar-refractivity contribution is 7.92. The van der Waals surface area contributed by atoms with Crippen molar-refractivity contribution in [1.29, 1.82) is 0 Å². The number of benzene rings is 2. The molecule has 0 bridgehead atoms. The summed E-state index contributed by atoms with van der Waals surface area (Å²) < 4.78 is 31.5. The van der Waals surface area contributed by atoms with Crippen molar-refractivity contribution in [2.45, 2.75) is 31.2 Å². The Morgan fingerprint density at radius 1 is 1.07 bits per heavy atom. The number of nitrogens with zero attached hydrogens (tertiary/aromatic N) is 1. The fraction of sp³-hybridized carbons (Fsp3) is 0.409. The molecule has 1 aliphatic heterocycles. The van der Waals surface area contributed by atoms with Gasteiger partial charge in [0.2, 0.25) is 15.9 Å². The zero-order valence-corrected chi connectivity index (χ0v) is 17.7. The monoisotopic (exact) mass is 416 g/mol. The van der Waals surface area contributed by atoms with E-state index in [2.05, 4.69) is 17.4 Å². The fourth-order valence-electron chi connectivity index (χ4n) is 3.91. The van der Waals surface area contributed by atoms with Gasteiger partial charge in [0.25, 0.3) is 0 Å². The summed E-state index contributed by atoms with van der Waals surface area (Å²) >= 11 is 0. The molecule has 1 aliphatic rings. The fourth-order valence-corrected chi connectivity index (χ4v) is 5.08. The summed E-state index contributed by atoms with van der Waals surface area (Å²) in [7, 11) is -3.62. The zero-order chi connectivity index (χ0) is 20.9. The summed E-state index contributed by atoms with van der Waals surface area (Å²) in [6.07, 6.45) is 2.73. The van der Waals surface area contributed by atoms with Gasteiger partial charge in [0.1, 0.15) is 6.04 Å². The first-order valence-corrected chi connectivity index (χ1v) is 11.6. The molecule has 3 rings (SSSR count). The molecule has 0 spiro atoms. The summed E-state index contributed by atoms with van der Waals surface area (Å²) in [4.78, 5) is 13.0. The molecule has 0 unspecified atom stereocenters. The Morgan fingerprint density at radius 2 is 1.62 bits per heavy atom. The predicted octanol–water partition coefficient (Wildman–Crippen LogP) is 2.71. The van der Waals surface area contributed by atoms with E-state index in [0.29, 0.717) is 25.4 Å². The Morgan fingerprint density at radius 3 is 2.17 bits per heavy atom. The Bertz CT molecular complexity index is 910. The van der Waals surface area contributed by atoms with E-state index in [1.54, 1.807) is 31.2 Å². The maximum atomic E-state index is 13.0. The average molecular weight is 417 g/mol. The van der Waals surface area contributed by atoms with E-state index in [1.165, 1.54) is 9.87 Å². The van der Waals surface area contributed by atoms with Gasteiger partial charge in [-0.3, -0.25) is 9.10 Å². The highest BCUT2D eigenvalue weighted by Crippen LogP contribution is 2.34. The predicted molar refractivity (Wildman–Crippen MR) is 114 cm³/mol. The largest absolute Gasteiger partial charge is 0.381 e. The molecule has 2 aromatic carbocycles. The summed E-state index contributed by atoms with van der Waals surface area (Å²) in [6, 6.07) is 18.0. The van der Waals surface area contributed by atoms with Gasteiger partial charge in [0.15, 0.2) is 0 Å². The van der Waals surface area contributed by atoms with Crippen molar-refractivity contribution in [3.8, 4) is 0 Å². The summed E-state index contributed by atoms with van der Waals surface area (Å²) in [5.74, 6) is -0.318. The van der Waals surface area contributed by atoms with Gasteiger partial charge in [-0.05, 0) is 37.5 Å². The van der Waals surface area contributed by atoms with Crippen LogP contribution in [-0.4, -0.2) is 46.4 Å². The molecular formula is C22H28N2O4S. The summed E-state index contributed by atoms with van der Waals surface area (Å²) in [6.45, 7) is 3.33. The van der Waals surface area contributed by atoms with Gasteiger partial charge in [-0.1, -0.05) is 48.5 Å². The third kappa shape index (κ3) is 4.97. The molecule has 0 aromatic heterocycles. The Kier molecular flexibility index (Phi) is 6.59. The quantitative estimate of drug-likeness (QED) is 0.753. The maximum Gasteiger partial charge on any atom is 0.243 e. The molecule has 1 heterocycles. The van der Waals surface area contributed by atoms with Crippen molar-refractivity contribution in [3.63, 3.8) is 0 Å². The Balaban J connectivity index is 1.79. The van der Waals surface area contributed by atoms with Gasteiger partial charge in [-0.15, -0.1) is 0 Å². The molecule has 7 heteroatoms. The van der Waals surface area contributed by atoms with Crippen LogP contribution < -0.4 is 9.62 Å². The van der Waals surface area contributed by atoms with E-state index in [0.717, 1.165) is 19.1 Å². The first-order chi connectivity index (χ1) is 13.8. The number of nitrogens with one attached hydrogen (secondary N) is 1. The molecule has 1 amide bonds. The second-order valence-corrected chi connectivity index (χ2v) is 9.41. The number of hydrogen-bond acceptors (Lipinski definition) is 4. The highest BCUT2D eigenvalue weighted by Gasteiger charge is 2.36. The van der Waals surface area contributed by atoms with Crippen LogP contribution in [0.2, 0.25) is 0 Å². The minimum absolute atomic E-state index is 0.211. The van der Waals surface area contributed by atoms with Gasteiger partial charge in [-0.2, -0.15) is 0 Å². The minimum atomic E-state index is -3.62. The molecule has 29 heavy (non-hydrogen) atoms. The number of sulfonamides is 1. The standard InChI is InChI=1S/C22H28N2O4S/c1-18(24(29(2,26)27)20-11-7-4-8-12-20)21(25)23-17-22(13-15-28-16-14-22)19-9-5-3-6-10-19/h3-12,18H,13-17H2,1-2H3,(H,23,25)/t18-/m0/s1. The van der Waals surface area contributed by atoms with Crippen LogP contribution >= 0.6 is 0 Å². The van der Waals surface area contributed by atoms with Crippen molar-refractivity contribution < 1.29 is 17.9 Å². The van der Waals surface area contributed by atoms with E-state index >= 15 is 0 Å². The third-order valence-electron chi connectivity index (χ3n) is 5.54. The first-order valence-electron chi connectivity index (χ1n) is 9.79. The minimum Gasteiger partial charge on any atom is -0.381 e. The lowest BCUT2D eigenvalue weighted by Gasteiger charge is -2.38. The van der Waals surface area contributed by atoms with E-state index in [4.69, 9.17) is 4.74 Å². The van der Waals surface area contributed by atoms with Crippen LogP contribution in [0.3, 0.4) is 0 Å². The molecular weight excluding hydrogens is 388 g/mol. The zero-order valence-electron chi connectivity index (χ0n) is 16.9. The molecule has 1 atom stereocenters. The Labute approximate surface area is 172 Å². The molecule has 156 valence electrons. The molecule has 6 nitrogen and oxygen atoms in total. The van der Waals surface area contributed by atoms with E-state index in [1.807, 2.05) is 24.3 Å². The normalized spacial score (nSPS) is 17.3. The lowest BCUT2D eigenvalue weighted by Crippen LogP contribution is -2.51. The average Bonchev–Trinajstić information content (AvgIpc) is 2.73. The lowest BCUT2D eigenvalue weighted by atomic mass is 9.74. The molecule has 1 fully saturated rings. The van der Waals surface area contributed by atoms with Gasteiger partial charge in [-0.25, -0.2) is 8.42 Å². The summed E-state index contributed by atoms with van der Waals surface area (Å²) in [5.41, 5.74) is 1.43. The molecule has 2 aromatic rings. The van der Waals surface area contributed by atoms with Crippen molar-refractivity contribution >= 4 is 21.6 Å². The third-order valence-corrected chi connectivity index (χ3v) is 6.78. The lowest BCUT2D eigenvalue weighted by molar-refractivity contribution is -0.122. The van der Waals surface area contributed by atoms with Gasteiger partial charge in [0.05, 0.1) is 11.9 Å². The van der Waals surface area contributed by atoms with Crippen molar-refractivity contribution in [3.05, 3.63) is 66.2 Å². The molecule has 0 aliphatic carbocycles. The van der Waals surface area contributed by atoms with Crippen LogP contribution in [0.5, 0.6) is 0 Å². The van der Waals surface area contributed by atoms with Gasteiger partial charge < -0.3 is 10.1 Å². The number of carbonyl (C=O) groups excluding carboxylic acids is 1. The van der Waals surface area contributed by atoms with Gasteiger partial charge >= 0.3 is 0 Å². The van der Waals surface area contributed by atoms with E-state index in [-0.39, 0.29) is 11.3 Å². The van der Waals surface area contributed by atoms with Crippen LogP contribution in [0.25, 0.3) is 0 Å². The van der Waals surface area contributed by atoms with Crippen molar-refractivity contribution in [2.75, 3.05) is 30.3 Å². The summed E-state index contributed by atoms with van der Waals surface area (Å²) in [5, 5.41) is 3.01. The van der Waals surface area contributed by atoms with Gasteiger partial charge in [0, 0.05) is 25.2 Å². The topological polar surface area (TPSA) is 75.7 Å². The highest BCUT2D eigenvalue weighted by atomic mass is 32.2. The van der Waals surface area contributed by atoms with Crippen LogP contribution in [0.15, 0.2) is 60.7 Å². The van der Waals surface area contributed by atoms with Crippen LogP contribution in [0, 0.1) is 0 Å². The number of ether oxygens (including phenoxy) is 1. The van der Waals surface area contributed by atoms with Crippen LogP contribution in [0.1, 0.15) is 25.3 Å². The SMILES string of the molecule is C[C@@H](C(=O)NCC1(c2ccccc2)CCOCC1)N(c1ccccc1)S(C)(=O)=O. The molecule has 0 radical (unpaired) electrons. The van der Waals surface area contributed by atoms with Crippen molar-refractivity contribution in [1.82, 2.24) is 5.32 Å². The number of carbonyl (C=O) groups is 1. The van der Waals surface area contributed by atoms with Crippen LogP contribution in [0.4, 0.5) is 5.69 Å².